The van der Waals surface area contributed by atoms with E-state index in [1.165, 1.54) is 7.05 Å². The molecule has 8 nitrogen and oxygen atoms in total. The maximum atomic E-state index is 13.1. The zero-order valence-electron chi connectivity index (χ0n) is 19.3. The van der Waals surface area contributed by atoms with Crippen LogP contribution in [-0.4, -0.2) is 57.6 Å². The normalized spacial score (nSPS) is 15.3. The van der Waals surface area contributed by atoms with Crippen molar-refractivity contribution >= 4 is 33.2 Å². The van der Waals surface area contributed by atoms with Crippen molar-refractivity contribution in [2.75, 3.05) is 36.0 Å². The molecule has 0 spiro atoms. The van der Waals surface area contributed by atoms with Crippen LogP contribution in [-0.2, 0) is 14.8 Å². The van der Waals surface area contributed by atoms with Gasteiger partial charge in [-0.3, -0.25) is 13.9 Å². The summed E-state index contributed by atoms with van der Waals surface area (Å²) in [6, 6.07) is 13.4. The summed E-state index contributed by atoms with van der Waals surface area (Å²) in [7, 11) is -1.90. The van der Waals surface area contributed by atoms with Gasteiger partial charge in [-0.25, -0.2) is 8.42 Å². The van der Waals surface area contributed by atoms with Gasteiger partial charge < -0.3 is 15.0 Å². The van der Waals surface area contributed by atoms with Crippen LogP contribution in [0.5, 0.6) is 5.75 Å². The van der Waals surface area contributed by atoms with E-state index in [4.69, 9.17) is 4.74 Å². The predicted molar refractivity (Wildman–Crippen MR) is 129 cm³/mol. The van der Waals surface area contributed by atoms with Crippen LogP contribution in [0, 0.1) is 0 Å². The van der Waals surface area contributed by atoms with Crippen LogP contribution < -0.4 is 14.4 Å². The maximum Gasteiger partial charge on any atom is 0.265 e. The first-order chi connectivity index (χ1) is 15.7. The van der Waals surface area contributed by atoms with Crippen LogP contribution in [0.25, 0.3) is 0 Å². The first-order valence-corrected chi connectivity index (χ1v) is 12.9. The van der Waals surface area contributed by atoms with E-state index in [9.17, 15) is 18.0 Å². The maximum absolute atomic E-state index is 13.1. The Labute approximate surface area is 195 Å². The molecule has 0 bridgehead atoms. The van der Waals surface area contributed by atoms with Gasteiger partial charge in [-0.1, -0.05) is 25.0 Å². The number of carbonyl (C=O) groups excluding carboxylic acids is 2. The van der Waals surface area contributed by atoms with Gasteiger partial charge in [0.2, 0.25) is 10.0 Å². The topological polar surface area (TPSA) is 96.0 Å². The summed E-state index contributed by atoms with van der Waals surface area (Å²) in [5.74, 6) is -0.0346. The molecule has 2 amide bonds. The Morgan fingerprint density at radius 1 is 1.00 bits per heavy atom. The van der Waals surface area contributed by atoms with E-state index in [0.717, 1.165) is 49.3 Å². The quantitative estimate of drug-likeness (QED) is 0.664. The molecule has 1 saturated heterocycles. The van der Waals surface area contributed by atoms with Gasteiger partial charge in [-0.15, -0.1) is 0 Å². The summed E-state index contributed by atoms with van der Waals surface area (Å²) in [4.78, 5) is 27.7. The van der Waals surface area contributed by atoms with E-state index in [0.29, 0.717) is 22.7 Å². The smallest absolute Gasteiger partial charge is 0.265 e. The average molecular weight is 474 g/mol. The molecular formula is C24H31N3O5S. The highest BCUT2D eigenvalue weighted by molar-refractivity contribution is 7.92. The van der Waals surface area contributed by atoms with E-state index >= 15 is 0 Å². The van der Waals surface area contributed by atoms with Crippen LogP contribution in [0.4, 0.5) is 11.4 Å². The zero-order chi connectivity index (χ0) is 24.0. The third-order valence-corrected chi connectivity index (χ3v) is 6.89. The molecule has 1 heterocycles. The van der Waals surface area contributed by atoms with Gasteiger partial charge in [0.25, 0.3) is 11.8 Å². The Bertz CT molecular complexity index is 1080. The largest absolute Gasteiger partial charge is 0.481 e. The van der Waals surface area contributed by atoms with Crippen molar-refractivity contribution in [2.24, 2.45) is 0 Å². The van der Waals surface area contributed by atoms with Crippen molar-refractivity contribution in [1.29, 1.82) is 0 Å². The van der Waals surface area contributed by atoms with Crippen molar-refractivity contribution in [3.63, 3.8) is 0 Å². The molecule has 9 heteroatoms. The molecule has 2 aromatic carbocycles. The van der Waals surface area contributed by atoms with Crippen molar-refractivity contribution in [2.45, 2.75) is 38.7 Å². The predicted octanol–water partition coefficient (Wildman–Crippen LogP) is 3.50. The van der Waals surface area contributed by atoms with E-state index in [1.54, 1.807) is 55.5 Å². The number of anilines is 2. The highest BCUT2D eigenvalue weighted by Crippen LogP contribution is 2.23. The van der Waals surface area contributed by atoms with E-state index < -0.39 is 16.1 Å². The van der Waals surface area contributed by atoms with Crippen molar-refractivity contribution in [3.05, 3.63) is 54.1 Å². The second-order valence-corrected chi connectivity index (χ2v) is 10.2. The molecule has 1 aliphatic heterocycles. The standard InChI is InChI=1S/C24H31N3O5S/c1-18(32-20-14-12-19(13-15-20)26(2)33(3,30)31)23(28)25-22-11-7-6-10-21(22)24(29)27-16-8-4-5-9-17-27/h6-7,10-15,18H,4-5,8-9,16-17H2,1-3H3,(H,25,28)/t18-/m1/s1. The molecule has 3 rings (SSSR count). The van der Waals surface area contributed by atoms with Gasteiger partial charge in [-0.05, 0) is 56.2 Å². The molecule has 0 aromatic heterocycles. The molecule has 33 heavy (non-hydrogen) atoms. The summed E-state index contributed by atoms with van der Waals surface area (Å²) in [6.07, 6.45) is 4.53. The van der Waals surface area contributed by atoms with Gasteiger partial charge >= 0.3 is 0 Å². The van der Waals surface area contributed by atoms with Crippen LogP contribution in [0.1, 0.15) is 43.0 Å². The van der Waals surface area contributed by atoms with E-state index in [1.807, 2.05) is 4.90 Å². The lowest BCUT2D eigenvalue weighted by molar-refractivity contribution is -0.122. The van der Waals surface area contributed by atoms with Gasteiger partial charge in [0, 0.05) is 20.1 Å². The number of ether oxygens (including phenoxy) is 1. The number of benzene rings is 2. The molecule has 0 saturated carbocycles. The number of likely N-dealkylation sites (tertiary alicyclic amines) is 1. The lowest BCUT2D eigenvalue weighted by atomic mass is 10.1. The first kappa shape index (κ1) is 24.6. The average Bonchev–Trinajstić information content (AvgIpc) is 3.08. The summed E-state index contributed by atoms with van der Waals surface area (Å²) in [5, 5.41) is 2.82. The minimum Gasteiger partial charge on any atom is -0.481 e. The molecular weight excluding hydrogens is 442 g/mol. The Morgan fingerprint density at radius 3 is 2.21 bits per heavy atom. The molecule has 0 radical (unpaired) electrons. The number of nitrogens with one attached hydrogen (secondary N) is 1. The number of hydrogen-bond donors (Lipinski definition) is 1. The lowest BCUT2D eigenvalue weighted by Crippen LogP contribution is -2.34. The van der Waals surface area contributed by atoms with Crippen LogP contribution in [0.3, 0.4) is 0 Å². The highest BCUT2D eigenvalue weighted by atomic mass is 32.2. The number of nitrogens with zero attached hydrogens (tertiary/aromatic N) is 2. The van der Waals surface area contributed by atoms with Crippen LogP contribution in [0.2, 0.25) is 0 Å². The van der Waals surface area contributed by atoms with Gasteiger partial charge in [0.15, 0.2) is 6.10 Å². The summed E-state index contributed by atoms with van der Waals surface area (Å²) < 4.78 is 30.2. The fraction of sp³-hybridized carbons (Fsp3) is 0.417. The SMILES string of the molecule is C[C@@H](Oc1ccc(N(C)S(C)(=O)=O)cc1)C(=O)Nc1ccccc1C(=O)N1CCCCCC1. The molecule has 1 atom stereocenters. The van der Waals surface area contributed by atoms with E-state index in [-0.39, 0.29) is 11.8 Å². The van der Waals surface area contributed by atoms with Crippen molar-refractivity contribution < 1.29 is 22.7 Å². The van der Waals surface area contributed by atoms with Crippen LogP contribution in [0.15, 0.2) is 48.5 Å². The molecule has 0 aliphatic carbocycles. The number of sulfonamides is 1. The number of rotatable bonds is 7. The Morgan fingerprint density at radius 2 is 1.61 bits per heavy atom. The number of hydrogen-bond acceptors (Lipinski definition) is 5. The number of amides is 2. The van der Waals surface area contributed by atoms with Crippen molar-refractivity contribution in [1.82, 2.24) is 4.90 Å². The minimum atomic E-state index is -3.36. The first-order valence-electron chi connectivity index (χ1n) is 11.1. The fourth-order valence-electron chi connectivity index (χ4n) is 3.64. The summed E-state index contributed by atoms with van der Waals surface area (Å²) in [5.41, 5.74) is 1.41. The summed E-state index contributed by atoms with van der Waals surface area (Å²) in [6.45, 7) is 3.07. The minimum absolute atomic E-state index is 0.0769. The molecule has 1 fully saturated rings. The van der Waals surface area contributed by atoms with Crippen molar-refractivity contribution in [3.8, 4) is 5.75 Å². The Hall–Kier alpha value is -3.07. The van der Waals surface area contributed by atoms with Gasteiger partial charge in [-0.2, -0.15) is 0 Å². The second kappa shape index (κ2) is 10.7. The Kier molecular flexibility index (Phi) is 7.97. The number of carbonyl (C=O) groups is 2. The van der Waals surface area contributed by atoms with Crippen LogP contribution >= 0.6 is 0 Å². The summed E-state index contributed by atoms with van der Waals surface area (Å²) >= 11 is 0. The van der Waals surface area contributed by atoms with E-state index in [2.05, 4.69) is 5.32 Å². The molecule has 0 unspecified atom stereocenters. The molecule has 2 aromatic rings. The third kappa shape index (κ3) is 6.47. The van der Waals surface area contributed by atoms with Gasteiger partial charge in [0.1, 0.15) is 5.75 Å². The lowest BCUT2D eigenvalue weighted by Gasteiger charge is -2.22. The molecule has 1 N–H and O–H groups in total. The number of para-hydroxylation sites is 1. The van der Waals surface area contributed by atoms with Gasteiger partial charge in [0.05, 0.1) is 23.2 Å². The molecule has 1 aliphatic rings. The third-order valence-electron chi connectivity index (χ3n) is 5.69. The zero-order valence-corrected chi connectivity index (χ0v) is 20.1. The fourth-order valence-corrected chi connectivity index (χ4v) is 4.15. The monoisotopic (exact) mass is 473 g/mol. The molecule has 178 valence electrons. The Balaban J connectivity index is 1.66. The second-order valence-electron chi connectivity index (χ2n) is 8.23. The highest BCUT2D eigenvalue weighted by Gasteiger charge is 2.22.